The summed E-state index contributed by atoms with van der Waals surface area (Å²) in [6, 6.07) is 27.9. The molecule has 0 atom stereocenters. The summed E-state index contributed by atoms with van der Waals surface area (Å²) in [5.41, 5.74) is 5.09. The van der Waals surface area contributed by atoms with Gasteiger partial charge in [-0.3, -0.25) is 0 Å². The average molecular weight is 441 g/mol. The van der Waals surface area contributed by atoms with Crippen LogP contribution in [-0.2, 0) is 0 Å². The quantitative estimate of drug-likeness (QED) is 0.312. The molecule has 4 rings (SSSR count). The molecule has 0 aliphatic rings. The fraction of sp³-hybridized carbons (Fsp3) is 0.0400. The highest BCUT2D eigenvalue weighted by Gasteiger charge is 2.22. The summed E-state index contributed by atoms with van der Waals surface area (Å²) in [5, 5.41) is 9.91. The molecule has 0 saturated carbocycles. The van der Waals surface area contributed by atoms with Crippen molar-refractivity contribution in [3.8, 4) is 28.5 Å². The Kier molecular flexibility index (Phi) is 5.41. The Hall–Kier alpha value is -3.42. The minimum Gasteiger partial charge on any atom is -0.436 e. The first-order valence-electron chi connectivity index (χ1n) is 9.15. The van der Waals surface area contributed by atoms with Crippen LogP contribution < -0.4 is 0 Å². The predicted octanol–water partition coefficient (Wildman–Crippen LogP) is 7.31. The molecule has 0 fully saturated rings. The zero-order valence-electron chi connectivity index (χ0n) is 15.8. The van der Waals surface area contributed by atoms with Crippen molar-refractivity contribution in [3.63, 3.8) is 0 Å². The van der Waals surface area contributed by atoms with Gasteiger partial charge in [0.15, 0.2) is 0 Å². The molecule has 0 aliphatic heterocycles. The molecule has 0 unspecified atom stereocenters. The maximum Gasteiger partial charge on any atom is 0.238 e. The lowest BCUT2D eigenvalue weighted by Gasteiger charge is -2.03. The first-order valence-corrected chi connectivity index (χ1v) is 9.94. The van der Waals surface area contributed by atoms with Crippen LogP contribution in [0.2, 0.25) is 0 Å². The van der Waals surface area contributed by atoms with Gasteiger partial charge in [-0.25, -0.2) is 4.99 Å². The molecule has 1 aromatic heterocycles. The fourth-order valence-corrected chi connectivity index (χ4v) is 3.51. The van der Waals surface area contributed by atoms with Crippen LogP contribution in [0.5, 0.6) is 0 Å². The molecule has 0 aliphatic carbocycles. The van der Waals surface area contributed by atoms with Gasteiger partial charge in [-0.2, -0.15) is 5.26 Å². The topological polar surface area (TPSA) is 49.3 Å². The standard InChI is InChI=1S/C25H17BrN2O/c1-17-12-13-18(14-22(17)26)16-28-25-21(15-27)23(19-8-4-2-5-9-19)24(29-25)20-10-6-3-7-11-20/h2-14,16H,1H3. The molecule has 3 aromatic carbocycles. The normalized spacial score (nSPS) is 10.9. The Bertz CT molecular complexity index is 1220. The van der Waals surface area contributed by atoms with Crippen LogP contribution >= 0.6 is 15.9 Å². The minimum atomic E-state index is 0.307. The first-order chi connectivity index (χ1) is 14.2. The van der Waals surface area contributed by atoms with E-state index in [4.69, 9.17) is 4.42 Å². The summed E-state index contributed by atoms with van der Waals surface area (Å²) in [4.78, 5) is 4.52. The highest BCUT2D eigenvalue weighted by atomic mass is 79.9. The second-order valence-corrected chi connectivity index (χ2v) is 7.45. The van der Waals surface area contributed by atoms with Gasteiger partial charge in [0.1, 0.15) is 17.4 Å². The van der Waals surface area contributed by atoms with Gasteiger partial charge in [0.25, 0.3) is 0 Å². The van der Waals surface area contributed by atoms with E-state index in [-0.39, 0.29) is 0 Å². The number of nitrogens with zero attached hydrogens (tertiary/aromatic N) is 2. The van der Waals surface area contributed by atoms with Gasteiger partial charge in [-0.15, -0.1) is 0 Å². The lowest BCUT2D eigenvalue weighted by Crippen LogP contribution is -1.84. The van der Waals surface area contributed by atoms with Crippen LogP contribution in [0.4, 0.5) is 5.88 Å². The van der Waals surface area contributed by atoms with Crippen molar-refractivity contribution >= 4 is 28.0 Å². The van der Waals surface area contributed by atoms with Crippen molar-refractivity contribution in [2.75, 3.05) is 0 Å². The van der Waals surface area contributed by atoms with E-state index in [1.165, 1.54) is 0 Å². The second-order valence-electron chi connectivity index (χ2n) is 6.60. The molecule has 29 heavy (non-hydrogen) atoms. The highest BCUT2D eigenvalue weighted by molar-refractivity contribution is 9.10. The second kappa shape index (κ2) is 8.30. The summed E-state index contributed by atoms with van der Waals surface area (Å²) in [5.74, 6) is 0.951. The molecule has 4 aromatic rings. The monoisotopic (exact) mass is 440 g/mol. The SMILES string of the molecule is Cc1ccc(C=Nc2oc(-c3ccccc3)c(-c3ccccc3)c2C#N)cc1Br. The predicted molar refractivity (Wildman–Crippen MR) is 120 cm³/mol. The Balaban J connectivity index is 1.87. The molecule has 0 amide bonds. The molecule has 1 heterocycles. The summed E-state index contributed by atoms with van der Waals surface area (Å²) in [6.45, 7) is 2.03. The van der Waals surface area contributed by atoms with Crippen LogP contribution in [0.15, 0.2) is 92.7 Å². The third-order valence-corrected chi connectivity index (χ3v) is 5.48. The highest BCUT2D eigenvalue weighted by Crippen LogP contribution is 2.42. The number of aliphatic imine (C=N–C) groups is 1. The Morgan fingerprint density at radius 3 is 2.21 bits per heavy atom. The van der Waals surface area contributed by atoms with Crippen molar-refractivity contribution < 1.29 is 4.42 Å². The van der Waals surface area contributed by atoms with E-state index in [1.54, 1.807) is 6.21 Å². The molecule has 3 nitrogen and oxygen atoms in total. The average Bonchev–Trinajstić information content (AvgIpc) is 3.14. The van der Waals surface area contributed by atoms with Gasteiger partial charge in [-0.05, 0) is 29.7 Å². The minimum absolute atomic E-state index is 0.307. The molecule has 0 saturated heterocycles. The molecule has 4 heteroatoms. The number of benzene rings is 3. The van der Waals surface area contributed by atoms with E-state index in [0.29, 0.717) is 17.2 Å². The van der Waals surface area contributed by atoms with Crippen molar-refractivity contribution in [2.45, 2.75) is 6.92 Å². The van der Waals surface area contributed by atoms with E-state index in [1.807, 2.05) is 85.8 Å². The van der Waals surface area contributed by atoms with Crippen LogP contribution in [0.1, 0.15) is 16.7 Å². The summed E-state index contributed by atoms with van der Waals surface area (Å²) in [7, 11) is 0. The molecular weight excluding hydrogens is 424 g/mol. The largest absolute Gasteiger partial charge is 0.436 e. The van der Waals surface area contributed by atoms with Gasteiger partial charge >= 0.3 is 0 Å². The van der Waals surface area contributed by atoms with Crippen molar-refractivity contribution in [1.29, 1.82) is 5.26 Å². The number of rotatable bonds is 4. The molecule has 0 spiro atoms. The van der Waals surface area contributed by atoms with E-state index in [0.717, 1.165) is 32.3 Å². The third kappa shape index (κ3) is 3.91. The zero-order valence-corrected chi connectivity index (χ0v) is 17.3. The number of hydrogen-bond donors (Lipinski definition) is 0. The molecule has 0 N–H and O–H groups in total. The van der Waals surface area contributed by atoms with E-state index in [9.17, 15) is 5.26 Å². The van der Waals surface area contributed by atoms with E-state index < -0.39 is 0 Å². The van der Waals surface area contributed by atoms with Gasteiger partial charge in [-0.1, -0.05) is 88.7 Å². The maximum atomic E-state index is 9.91. The van der Waals surface area contributed by atoms with Gasteiger partial charge in [0.2, 0.25) is 5.88 Å². The number of furan rings is 1. The molecular formula is C25H17BrN2O. The first kappa shape index (κ1) is 18.9. The lowest BCUT2D eigenvalue weighted by molar-refractivity contribution is 0.593. The van der Waals surface area contributed by atoms with Gasteiger partial charge < -0.3 is 4.42 Å². The lowest BCUT2D eigenvalue weighted by atomic mass is 9.98. The van der Waals surface area contributed by atoms with Crippen LogP contribution in [0.25, 0.3) is 22.5 Å². The number of aryl methyl sites for hydroxylation is 1. The third-order valence-electron chi connectivity index (χ3n) is 4.63. The van der Waals surface area contributed by atoms with E-state index in [2.05, 4.69) is 27.0 Å². The number of hydrogen-bond acceptors (Lipinski definition) is 3. The Morgan fingerprint density at radius 2 is 1.59 bits per heavy atom. The van der Waals surface area contributed by atoms with Crippen LogP contribution in [-0.4, -0.2) is 6.21 Å². The van der Waals surface area contributed by atoms with Crippen LogP contribution in [0, 0.1) is 18.3 Å². The van der Waals surface area contributed by atoms with E-state index >= 15 is 0 Å². The Morgan fingerprint density at radius 1 is 0.931 bits per heavy atom. The summed E-state index contributed by atoms with van der Waals surface area (Å²) < 4.78 is 7.13. The van der Waals surface area contributed by atoms with Crippen molar-refractivity contribution in [2.24, 2.45) is 4.99 Å². The summed E-state index contributed by atoms with van der Waals surface area (Å²) in [6.07, 6.45) is 1.72. The number of nitriles is 1. The van der Waals surface area contributed by atoms with Gasteiger partial charge in [0, 0.05) is 21.8 Å². The maximum absolute atomic E-state index is 9.91. The fourth-order valence-electron chi connectivity index (χ4n) is 3.11. The van der Waals surface area contributed by atoms with Gasteiger partial charge in [0.05, 0.1) is 0 Å². The smallest absolute Gasteiger partial charge is 0.238 e. The molecule has 140 valence electrons. The molecule has 0 radical (unpaired) electrons. The van der Waals surface area contributed by atoms with Crippen molar-refractivity contribution in [1.82, 2.24) is 0 Å². The number of halogens is 1. The van der Waals surface area contributed by atoms with Crippen LogP contribution in [0.3, 0.4) is 0 Å². The zero-order chi connectivity index (χ0) is 20.2. The van der Waals surface area contributed by atoms with Crippen molar-refractivity contribution in [3.05, 3.63) is 100 Å². The molecule has 0 bridgehead atoms. The Labute approximate surface area is 178 Å². The summed E-state index contributed by atoms with van der Waals surface area (Å²) >= 11 is 3.54.